The van der Waals surface area contributed by atoms with E-state index < -0.39 is 10.0 Å². The van der Waals surface area contributed by atoms with Crippen LogP contribution in [-0.2, 0) is 16.4 Å². The highest BCUT2D eigenvalue weighted by molar-refractivity contribution is 7.92. The van der Waals surface area contributed by atoms with Crippen molar-refractivity contribution < 1.29 is 17.6 Å². The lowest BCUT2D eigenvalue weighted by Gasteiger charge is -2.26. The van der Waals surface area contributed by atoms with Crippen LogP contribution in [-0.4, -0.2) is 32.8 Å². The van der Waals surface area contributed by atoms with Crippen molar-refractivity contribution in [2.75, 3.05) is 17.9 Å². The fraction of sp³-hybridized carbons (Fsp3) is 0.208. The number of carbonyl (C=O) groups is 1. The smallest absolute Gasteiger partial charge is 0.264 e. The van der Waals surface area contributed by atoms with E-state index in [4.69, 9.17) is 0 Å². The minimum atomic E-state index is -3.79. The van der Waals surface area contributed by atoms with Gasteiger partial charge in [-0.1, -0.05) is 36.4 Å². The Balaban J connectivity index is 1.61. The Hall–Kier alpha value is -3.19. The summed E-state index contributed by atoms with van der Waals surface area (Å²) in [6.07, 6.45) is 0.659. The zero-order valence-corrected chi connectivity index (χ0v) is 18.1. The van der Waals surface area contributed by atoms with E-state index in [9.17, 15) is 17.6 Å². The van der Waals surface area contributed by atoms with Gasteiger partial charge in [0.15, 0.2) is 0 Å². The molecule has 31 heavy (non-hydrogen) atoms. The molecule has 5 nitrogen and oxygen atoms in total. The summed E-state index contributed by atoms with van der Waals surface area (Å²) < 4.78 is 41.2. The van der Waals surface area contributed by atoms with Crippen LogP contribution < -0.4 is 4.31 Å². The molecule has 1 aliphatic heterocycles. The summed E-state index contributed by atoms with van der Waals surface area (Å²) in [7, 11) is -2.14. The third-order valence-corrected chi connectivity index (χ3v) is 7.58. The van der Waals surface area contributed by atoms with Crippen molar-refractivity contribution in [2.24, 2.45) is 0 Å². The fourth-order valence-corrected chi connectivity index (χ4v) is 5.37. The van der Waals surface area contributed by atoms with E-state index in [0.29, 0.717) is 18.7 Å². The summed E-state index contributed by atoms with van der Waals surface area (Å²) in [4.78, 5) is 14.7. The molecule has 0 spiro atoms. The third kappa shape index (κ3) is 3.93. The molecular weight excluding hydrogens is 415 g/mol. The first-order valence-electron chi connectivity index (χ1n) is 10.0. The van der Waals surface area contributed by atoms with E-state index in [1.165, 1.54) is 33.5 Å². The molecule has 0 radical (unpaired) electrons. The summed E-state index contributed by atoms with van der Waals surface area (Å²) in [5.41, 5.74) is 2.74. The van der Waals surface area contributed by atoms with Gasteiger partial charge in [-0.3, -0.25) is 9.10 Å². The predicted octanol–water partition coefficient (Wildman–Crippen LogP) is 4.41. The van der Waals surface area contributed by atoms with Gasteiger partial charge in [0.2, 0.25) is 0 Å². The van der Waals surface area contributed by atoms with E-state index in [0.717, 1.165) is 11.1 Å². The molecule has 0 bridgehead atoms. The number of sulfonamides is 1. The maximum Gasteiger partial charge on any atom is 0.264 e. The molecule has 3 aromatic rings. The number of carbonyl (C=O) groups excluding carboxylic acids is 1. The largest absolute Gasteiger partial charge is 0.335 e. The molecule has 0 saturated carbocycles. The SMILES string of the molecule is C[C@@H](c1ccc(F)cc1)N(C)C(=O)c1cccc(S(=O)(=O)N2CCc3ccccc32)c1. The minimum Gasteiger partial charge on any atom is -0.335 e. The van der Waals surface area contributed by atoms with E-state index in [1.54, 1.807) is 37.4 Å². The van der Waals surface area contributed by atoms with Crippen molar-refractivity contribution in [3.8, 4) is 0 Å². The van der Waals surface area contributed by atoms with Crippen LogP contribution in [0.5, 0.6) is 0 Å². The normalized spacial score (nSPS) is 14.2. The Morgan fingerprint density at radius 3 is 2.48 bits per heavy atom. The average Bonchev–Trinajstić information content (AvgIpc) is 3.23. The quantitative estimate of drug-likeness (QED) is 0.593. The van der Waals surface area contributed by atoms with Crippen molar-refractivity contribution >= 4 is 21.6 Å². The Kier molecular flexibility index (Phi) is 5.54. The number of para-hydroxylation sites is 1. The number of nitrogens with zero attached hydrogens (tertiary/aromatic N) is 2. The van der Waals surface area contributed by atoms with E-state index >= 15 is 0 Å². The zero-order valence-electron chi connectivity index (χ0n) is 17.3. The summed E-state index contributed by atoms with van der Waals surface area (Å²) in [5, 5.41) is 0. The summed E-state index contributed by atoms with van der Waals surface area (Å²) >= 11 is 0. The van der Waals surface area contributed by atoms with Crippen LogP contribution in [0.1, 0.15) is 34.5 Å². The summed E-state index contributed by atoms with van der Waals surface area (Å²) in [6.45, 7) is 2.22. The zero-order chi connectivity index (χ0) is 22.2. The number of fused-ring (bicyclic) bond motifs is 1. The first-order valence-corrected chi connectivity index (χ1v) is 11.5. The molecule has 160 valence electrons. The van der Waals surface area contributed by atoms with Crippen LogP contribution in [0.25, 0.3) is 0 Å². The van der Waals surface area contributed by atoms with Crippen LogP contribution in [0, 0.1) is 5.82 Å². The van der Waals surface area contributed by atoms with Gasteiger partial charge in [0.1, 0.15) is 5.82 Å². The molecule has 0 unspecified atom stereocenters. The van der Waals surface area contributed by atoms with E-state index in [-0.39, 0.29) is 28.2 Å². The van der Waals surface area contributed by atoms with Gasteiger partial charge >= 0.3 is 0 Å². The van der Waals surface area contributed by atoms with E-state index in [1.807, 2.05) is 25.1 Å². The Morgan fingerprint density at radius 1 is 1.03 bits per heavy atom. The van der Waals surface area contributed by atoms with Gasteiger partial charge in [-0.25, -0.2) is 12.8 Å². The minimum absolute atomic E-state index is 0.0814. The molecule has 0 aromatic heterocycles. The standard InChI is InChI=1S/C24H23FN2O3S/c1-17(18-10-12-21(25)13-11-18)26(2)24(28)20-7-5-8-22(16-20)31(29,30)27-15-14-19-6-3-4-9-23(19)27/h3-13,16-17H,14-15H2,1-2H3/t17-/m0/s1. The van der Waals surface area contributed by atoms with Crippen LogP contribution in [0.3, 0.4) is 0 Å². The van der Waals surface area contributed by atoms with Gasteiger partial charge in [-0.15, -0.1) is 0 Å². The molecule has 0 saturated heterocycles. The molecule has 0 aliphatic carbocycles. The first-order chi connectivity index (χ1) is 14.8. The second-order valence-corrected chi connectivity index (χ2v) is 9.49. The van der Waals surface area contributed by atoms with Crippen LogP contribution in [0.2, 0.25) is 0 Å². The van der Waals surface area contributed by atoms with Gasteiger partial charge in [0.05, 0.1) is 16.6 Å². The first kappa shape index (κ1) is 21.1. The van der Waals surface area contributed by atoms with Crippen molar-refractivity contribution in [2.45, 2.75) is 24.3 Å². The number of halogens is 1. The van der Waals surface area contributed by atoms with Crippen molar-refractivity contribution in [1.29, 1.82) is 0 Å². The second kappa shape index (κ2) is 8.15. The van der Waals surface area contributed by atoms with Gasteiger partial charge in [0, 0.05) is 19.2 Å². The molecule has 1 heterocycles. The number of rotatable bonds is 5. The lowest BCUT2D eigenvalue weighted by Crippen LogP contribution is -2.31. The molecule has 4 rings (SSSR count). The molecular formula is C24H23FN2O3S. The molecule has 1 aliphatic rings. The summed E-state index contributed by atoms with van der Waals surface area (Å²) in [5.74, 6) is -0.651. The predicted molar refractivity (Wildman–Crippen MR) is 118 cm³/mol. The van der Waals surface area contributed by atoms with Crippen LogP contribution >= 0.6 is 0 Å². The maximum atomic E-state index is 13.3. The molecule has 3 aromatic carbocycles. The highest BCUT2D eigenvalue weighted by atomic mass is 32.2. The fourth-order valence-electron chi connectivity index (χ4n) is 3.82. The number of benzene rings is 3. The average molecular weight is 439 g/mol. The molecule has 1 amide bonds. The Labute approximate surface area is 181 Å². The molecule has 7 heteroatoms. The lowest BCUT2D eigenvalue weighted by molar-refractivity contribution is 0.0742. The number of amides is 1. The van der Waals surface area contributed by atoms with Crippen molar-refractivity contribution in [1.82, 2.24) is 4.90 Å². The summed E-state index contributed by atoms with van der Waals surface area (Å²) in [6, 6.07) is 19.2. The van der Waals surface area contributed by atoms with Crippen molar-refractivity contribution in [3.05, 3.63) is 95.3 Å². The Bertz CT molecular complexity index is 1230. The van der Waals surface area contributed by atoms with Crippen LogP contribution in [0.15, 0.2) is 77.7 Å². The van der Waals surface area contributed by atoms with Gasteiger partial charge in [-0.05, 0) is 60.9 Å². The van der Waals surface area contributed by atoms with Gasteiger partial charge in [0.25, 0.3) is 15.9 Å². The van der Waals surface area contributed by atoms with Gasteiger partial charge in [-0.2, -0.15) is 0 Å². The lowest BCUT2D eigenvalue weighted by atomic mass is 10.1. The highest BCUT2D eigenvalue weighted by Crippen LogP contribution is 2.33. The van der Waals surface area contributed by atoms with Crippen molar-refractivity contribution in [3.63, 3.8) is 0 Å². The number of hydrogen-bond acceptors (Lipinski definition) is 3. The number of hydrogen-bond donors (Lipinski definition) is 0. The maximum absolute atomic E-state index is 13.3. The molecule has 0 N–H and O–H groups in total. The molecule has 0 fully saturated rings. The topological polar surface area (TPSA) is 57.7 Å². The van der Waals surface area contributed by atoms with E-state index in [2.05, 4.69) is 0 Å². The second-order valence-electron chi connectivity index (χ2n) is 7.63. The van der Waals surface area contributed by atoms with Crippen LogP contribution in [0.4, 0.5) is 10.1 Å². The highest BCUT2D eigenvalue weighted by Gasteiger charge is 2.31. The monoisotopic (exact) mass is 438 g/mol. The third-order valence-electron chi connectivity index (χ3n) is 5.77. The van der Waals surface area contributed by atoms with Gasteiger partial charge < -0.3 is 4.90 Å². The Morgan fingerprint density at radius 2 is 1.74 bits per heavy atom. The number of anilines is 1. The molecule has 1 atom stereocenters.